The minimum Gasteiger partial charge on any atom is -0.476 e. The van der Waals surface area contributed by atoms with Crippen LogP contribution in [0.25, 0.3) is 0 Å². The standard InChI is InChI=1S/C13H19N3O3S/c17-12(18)10-8-20-11(16-10)5-7-15-13(19)14-6-4-9-2-1-3-9/h8-9H,1-7H2,(H,17,18)(H2,14,15,19). The summed E-state index contributed by atoms with van der Waals surface area (Å²) >= 11 is 1.30. The van der Waals surface area contributed by atoms with Crippen LogP contribution in [-0.2, 0) is 6.42 Å². The molecule has 110 valence electrons. The summed E-state index contributed by atoms with van der Waals surface area (Å²) in [6.07, 6.45) is 5.51. The molecule has 0 saturated heterocycles. The van der Waals surface area contributed by atoms with E-state index in [2.05, 4.69) is 15.6 Å². The lowest BCUT2D eigenvalue weighted by Crippen LogP contribution is -2.37. The van der Waals surface area contributed by atoms with Crippen LogP contribution in [-0.4, -0.2) is 35.2 Å². The molecule has 0 radical (unpaired) electrons. The maximum atomic E-state index is 11.5. The first-order chi connectivity index (χ1) is 9.65. The van der Waals surface area contributed by atoms with E-state index in [0.717, 1.165) is 23.9 Å². The molecule has 1 aliphatic carbocycles. The molecule has 1 heterocycles. The van der Waals surface area contributed by atoms with Gasteiger partial charge in [-0.05, 0) is 12.3 Å². The molecule has 2 rings (SSSR count). The van der Waals surface area contributed by atoms with E-state index in [-0.39, 0.29) is 11.7 Å². The van der Waals surface area contributed by atoms with Gasteiger partial charge in [0.2, 0.25) is 0 Å². The van der Waals surface area contributed by atoms with Gasteiger partial charge in [0, 0.05) is 24.9 Å². The Kier molecular flexibility index (Phi) is 5.34. The predicted molar refractivity (Wildman–Crippen MR) is 76.1 cm³/mol. The van der Waals surface area contributed by atoms with Crippen LogP contribution in [0.4, 0.5) is 4.79 Å². The largest absolute Gasteiger partial charge is 0.476 e. The highest BCUT2D eigenvalue weighted by molar-refractivity contribution is 7.09. The van der Waals surface area contributed by atoms with Crippen molar-refractivity contribution >= 4 is 23.3 Å². The summed E-state index contributed by atoms with van der Waals surface area (Å²) in [7, 11) is 0. The highest BCUT2D eigenvalue weighted by Crippen LogP contribution is 2.28. The van der Waals surface area contributed by atoms with E-state index in [0.29, 0.717) is 13.0 Å². The molecule has 2 amide bonds. The number of urea groups is 1. The molecule has 0 atom stereocenters. The van der Waals surface area contributed by atoms with Crippen molar-refractivity contribution in [3.05, 3.63) is 16.1 Å². The average molecular weight is 297 g/mol. The number of aromatic nitrogens is 1. The van der Waals surface area contributed by atoms with E-state index in [1.807, 2.05) is 0 Å². The van der Waals surface area contributed by atoms with Crippen LogP contribution in [0.1, 0.15) is 41.2 Å². The Morgan fingerprint density at radius 3 is 2.70 bits per heavy atom. The van der Waals surface area contributed by atoms with Gasteiger partial charge in [-0.25, -0.2) is 14.6 Å². The molecule has 1 aromatic rings. The highest BCUT2D eigenvalue weighted by atomic mass is 32.1. The molecular formula is C13H19N3O3S. The van der Waals surface area contributed by atoms with E-state index in [9.17, 15) is 9.59 Å². The second-order valence-electron chi connectivity index (χ2n) is 4.95. The zero-order valence-electron chi connectivity index (χ0n) is 11.2. The number of carbonyl (C=O) groups is 2. The summed E-state index contributed by atoms with van der Waals surface area (Å²) < 4.78 is 0. The summed E-state index contributed by atoms with van der Waals surface area (Å²) in [6, 6.07) is -0.167. The second-order valence-corrected chi connectivity index (χ2v) is 5.89. The van der Waals surface area contributed by atoms with Crippen LogP contribution < -0.4 is 10.6 Å². The summed E-state index contributed by atoms with van der Waals surface area (Å²) in [4.78, 5) is 26.1. The van der Waals surface area contributed by atoms with Crippen molar-refractivity contribution in [3.8, 4) is 0 Å². The number of nitrogens with one attached hydrogen (secondary N) is 2. The normalized spacial score (nSPS) is 14.6. The van der Waals surface area contributed by atoms with E-state index < -0.39 is 5.97 Å². The zero-order valence-corrected chi connectivity index (χ0v) is 12.0. The Hall–Kier alpha value is -1.63. The van der Waals surface area contributed by atoms with Crippen molar-refractivity contribution in [2.45, 2.75) is 32.1 Å². The first kappa shape index (κ1) is 14.8. The minimum absolute atomic E-state index is 0.0648. The quantitative estimate of drug-likeness (QED) is 0.716. The first-order valence-electron chi connectivity index (χ1n) is 6.84. The van der Waals surface area contributed by atoms with Gasteiger partial charge in [0.15, 0.2) is 5.69 Å². The van der Waals surface area contributed by atoms with Gasteiger partial charge in [0.1, 0.15) is 0 Å². The van der Waals surface area contributed by atoms with Crippen LogP contribution in [0.3, 0.4) is 0 Å². The number of thiazole rings is 1. The summed E-state index contributed by atoms with van der Waals surface area (Å²) in [5.41, 5.74) is 0.0648. The number of aromatic carboxylic acids is 1. The van der Waals surface area contributed by atoms with E-state index in [1.54, 1.807) is 0 Å². The fraction of sp³-hybridized carbons (Fsp3) is 0.615. The molecule has 0 unspecified atom stereocenters. The second kappa shape index (κ2) is 7.23. The number of carbonyl (C=O) groups excluding carboxylic acids is 1. The Balaban J connectivity index is 1.56. The number of amides is 2. The molecule has 0 aromatic carbocycles. The number of nitrogens with zero attached hydrogens (tertiary/aromatic N) is 1. The maximum Gasteiger partial charge on any atom is 0.355 e. The Morgan fingerprint density at radius 1 is 1.35 bits per heavy atom. The number of carboxylic acid groups (broad SMARTS) is 1. The molecule has 3 N–H and O–H groups in total. The third kappa shape index (κ3) is 4.48. The van der Waals surface area contributed by atoms with Crippen molar-refractivity contribution in [2.24, 2.45) is 5.92 Å². The maximum absolute atomic E-state index is 11.5. The van der Waals surface area contributed by atoms with Crippen LogP contribution in [0.2, 0.25) is 0 Å². The van der Waals surface area contributed by atoms with Crippen molar-refractivity contribution in [3.63, 3.8) is 0 Å². The highest BCUT2D eigenvalue weighted by Gasteiger charge is 2.16. The topological polar surface area (TPSA) is 91.3 Å². The molecular weight excluding hydrogens is 278 g/mol. The number of carboxylic acids is 1. The van der Waals surface area contributed by atoms with Gasteiger partial charge in [-0.1, -0.05) is 19.3 Å². The van der Waals surface area contributed by atoms with Crippen molar-refractivity contribution in [1.29, 1.82) is 0 Å². The Bertz CT molecular complexity index is 471. The predicted octanol–water partition coefficient (Wildman–Crippen LogP) is 1.87. The number of hydrogen-bond donors (Lipinski definition) is 3. The molecule has 1 aromatic heterocycles. The molecule has 0 spiro atoms. The molecule has 0 aliphatic heterocycles. The van der Waals surface area contributed by atoms with Crippen LogP contribution in [0.15, 0.2) is 5.38 Å². The van der Waals surface area contributed by atoms with E-state index >= 15 is 0 Å². The van der Waals surface area contributed by atoms with Crippen LogP contribution in [0, 0.1) is 5.92 Å². The molecule has 1 fully saturated rings. The molecule has 1 saturated carbocycles. The van der Waals surface area contributed by atoms with Gasteiger partial charge in [-0.3, -0.25) is 0 Å². The molecule has 6 nitrogen and oxygen atoms in total. The van der Waals surface area contributed by atoms with Gasteiger partial charge in [0.05, 0.1) is 5.01 Å². The molecule has 20 heavy (non-hydrogen) atoms. The fourth-order valence-corrected chi connectivity index (χ4v) is 2.81. The number of hydrogen-bond acceptors (Lipinski definition) is 4. The third-order valence-electron chi connectivity index (χ3n) is 3.46. The van der Waals surface area contributed by atoms with Gasteiger partial charge >= 0.3 is 12.0 Å². The monoisotopic (exact) mass is 297 g/mol. The lowest BCUT2D eigenvalue weighted by atomic mass is 9.83. The number of rotatable bonds is 7. The summed E-state index contributed by atoms with van der Waals surface area (Å²) in [6.45, 7) is 1.18. The molecule has 7 heteroatoms. The van der Waals surface area contributed by atoms with Crippen LogP contribution >= 0.6 is 11.3 Å². The van der Waals surface area contributed by atoms with Gasteiger partial charge in [-0.2, -0.15) is 0 Å². The fourth-order valence-electron chi connectivity index (χ4n) is 2.04. The summed E-state index contributed by atoms with van der Waals surface area (Å²) in [5, 5.41) is 16.6. The molecule has 0 bridgehead atoms. The van der Waals surface area contributed by atoms with Crippen molar-refractivity contribution in [2.75, 3.05) is 13.1 Å². The van der Waals surface area contributed by atoms with E-state index in [1.165, 1.54) is 36.0 Å². The molecule has 1 aliphatic rings. The Labute approximate surface area is 121 Å². The summed E-state index contributed by atoms with van der Waals surface area (Å²) in [5.74, 6) is -0.228. The minimum atomic E-state index is -1.02. The zero-order chi connectivity index (χ0) is 14.4. The van der Waals surface area contributed by atoms with Gasteiger partial charge < -0.3 is 15.7 Å². The van der Waals surface area contributed by atoms with Gasteiger partial charge in [0.25, 0.3) is 0 Å². The SMILES string of the molecule is O=C(NCCc1nc(C(=O)O)cs1)NCCC1CCC1. The lowest BCUT2D eigenvalue weighted by Gasteiger charge is -2.25. The smallest absolute Gasteiger partial charge is 0.355 e. The van der Waals surface area contributed by atoms with Gasteiger partial charge in [-0.15, -0.1) is 11.3 Å². The van der Waals surface area contributed by atoms with Crippen molar-refractivity contribution < 1.29 is 14.7 Å². The third-order valence-corrected chi connectivity index (χ3v) is 4.37. The lowest BCUT2D eigenvalue weighted by molar-refractivity contribution is 0.0691. The van der Waals surface area contributed by atoms with Crippen molar-refractivity contribution in [1.82, 2.24) is 15.6 Å². The van der Waals surface area contributed by atoms with E-state index in [4.69, 9.17) is 5.11 Å². The average Bonchev–Trinajstić information content (AvgIpc) is 2.81. The Morgan fingerprint density at radius 2 is 2.10 bits per heavy atom. The van der Waals surface area contributed by atoms with Crippen LogP contribution in [0.5, 0.6) is 0 Å². The first-order valence-corrected chi connectivity index (χ1v) is 7.72.